The van der Waals surface area contributed by atoms with Crippen LogP contribution >= 0.6 is 0 Å². The van der Waals surface area contributed by atoms with Crippen molar-refractivity contribution in [1.82, 2.24) is 4.98 Å². The topological polar surface area (TPSA) is 45.5 Å². The Balaban J connectivity index is 2.39. The maximum Gasteiger partial charge on any atom is 0.0705 e. The normalized spacial score (nSPS) is 11.9. The second-order valence-corrected chi connectivity index (χ2v) is 3.51. The zero-order valence-electron chi connectivity index (χ0n) is 8.51. The summed E-state index contributed by atoms with van der Waals surface area (Å²) in [5.74, 6) is 0. The minimum atomic E-state index is 0.585. The fraction of sp³-hybridized carbons (Fsp3) is 0.167. The molecule has 15 heavy (non-hydrogen) atoms. The van der Waals surface area contributed by atoms with Crippen molar-refractivity contribution < 1.29 is 5.21 Å². The van der Waals surface area contributed by atoms with Gasteiger partial charge in [-0.3, -0.25) is 4.98 Å². The molecule has 0 aliphatic rings. The van der Waals surface area contributed by atoms with E-state index in [2.05, 4.69) is 10.1 Å². The lowest BCUT2D eigenvalue weighted by Gasteiger charge is -2.01. The van der Waals surface area contributed by atoms with Gasteiger partial charge in [0.05, 0.1) is 11.2 Å². The van der Waals surface area contributed by atoms with Crippen molar-refractivity contribution in [2.45, 2.75) is 13.3 Å². The summed E-state index contributed by atoms with van der Waals surface area (Å²) in [6.45, 7) is 1.77. The van der Waals surface area contributed by atoms with Crippen molar-refractivity contribution in [2.75, 3.05) is 0 Å². The molecule has 0 unspecified atom stereocenters. The Morgan fingerprint density at radius 2 is 2.07 bits per heavy atom. The molecule has 0 amide bonds. The third kappa shape index (κ3) is 2.13. The zero-order chi connectivity index (χ0) is 10.7. The first-order chi connectivity index (χ1) is 7.29. The van der Waals surface area contributed by atoms with Crippen molar-refractivity contribution in [1.29, 1.82) is 0 Å². The van der Waals surface area contributed by atoms with Crippen LogP contribution in [-0.2, 0) is 6.42 Å². The van der Waals surface area contributed by atoms with E-state index in [4.69, 9.17) is 5.21 Å². The van der Waals surface area contributed by atoms with Crippen LogP contribution in [-0.4, -0.2) is 15.9 Å². The van der Waals surface area contributed by atoms with Crippen LogP contribution in [0.25, 0.3) is 10.9 Å². The van der Waals surface area contributed by atoms with Gasteiger partial charge in [-0.25, -0.2) is 0 Å². The first kappa shape index (κ1) is 9.65. The molecule has 2 aromatic rings. The summed E-state index contributed by atoms with van der Waals surface area (Å²) < 4.78 is 0. The smallest absolute Gasteiger partial charge is 0.0705 e. The molecular formula is C12H12N2O. The van der Waals surface area contributed by atoms with Gasteiger partial charge in [0, 0.05) is 17.5 Å². The molecule has 76 valence electrons. The van der Waals surface area contributed by atoms with E-state index in [1.807, 2.05) is 36.4 Å². The van der Waals surface area contributed by atoms with Crippen molar-refractivity contribution in [3.8, 4) is 0 Å². The van der Waals surface area contributed by atoms with E-state index >= 15 is 0 Å². The van der Waals surface area contributed by atoms with Gasteiger partial charge in [-0.15, -0.1) is 0 Å². The van der Waals surface area contributed by atoms with Crippen molar-refractivity contribution >= 4 is 16.6 Å². The second kappa shape index (κ2) is 4.09. The molecule has 0 saturated heterocycles. The number of pyridine rings is 1. The van der Waals surface area contributed by atoms with Gasteiger partial charge in [-0.2, -0.15) is 0 Å². The van der Waals surface area contributed by atoms with E-state index in [0.717, 1.165) is 16.6 Å². The number of nitrogens with zero attached hydrogens (tertiary/aromatic N) is 2. The largest absolute Gasteiger partial charge is 0.411 e. The van der Waals surface area contributed by atoms with Crippen molar-refractivity contribution in [3.05, 3.63) is 42.1 Å². The highest BCUT2D eigenvalue weighted by Crippen LogP contribution is 2.12. The summed E-state index contributed by atoms with van der Waals surface area (Å²) >= 11 is 0. The van der Waals surface area contributed by atoms with E-state index < -0.39 is 0 Å². The highest BCUT2D eigenvalue weighted by molar-refractivity contribution is 5.84. The quantitative estimate of drug-likeness (QED) is 0.460. The van der Waals surface area contributed by atoms with Gasteiger partial charge >= 0.3 is 0 Å². The molecule has 0 aliphatic carbocycles. The van der Waals surface area contributed by atoms with Crippen LogP contribution in [0.15, 0.2) is 41.6 Å². The molecular weight excluding hydrogens is 188 g/mol. The van der Waals surface area contributed by atoms with Crippen LogP contribution in [0.2, 0.25) is 0 Å². The van der Waals surface area contributed by atoms with Crippen LogP contribution in [0.3, 0.4) is 0 Å². The van der Waals surface area contributed by atoms with Gasteiger partial charge in [0.25, 0.3) is 0 Å². The maximum absolute atomic E-state index is 8.57. The summed E-state index contributed by atoms with van der Waals surface area (Å²) in [7, 11) is 0. The Labute approximate surface area is 88.1 Å². The van der Waals surface area contributed by atoms with Gasteiger partial charge in [0.2, 0.25) is 0 Å². The third-order valence-corrected chi connectivity index (χ3v) is 2.26. The molecule has 0 radical (unpaired) electrons. The van der Waals surface area contributed by atoms with Crippen LogP contribution in [0.4, 0.5) is 0 Å². The molecule has 1 aromatic carbocycles. The summed E-state index contributed by atoms with van der Waals surface area (Å²) in [6.07, 6.45) is 0.585. The highest BCUT2D eigenvalue weighted by Gasteiger charge is 1.99. The molecule has 3 nitrogen and oxygen atoms in total. The van der Waals surface area contributed by atoms with Gasteiger partial charge in [0.1, 0.15) is 0 Å². The number of rotatable bonds is 2. The van der Waals surface area contributed by atoms with Gasteiger partial charge < -0.3 is 5.21 Å². The average molecular weight is 200 g/mol. The summed E-state index contributed by atoms with van der Waals surface area (Å²) in [6, 6.07) is 11.9. The van der Waals surface area contributed by atoms with Gasteiger partial charge in [-0.1, -0.05) is 29.4 Å². The number of aromatic nitrogens is 1. The van der Waals surface area contributed by atoms with E-state index in [1.54, 1.807) is 6.92 Å². The number of para-hydroxylation sites is 1. The Hall–Kier alpha value is -1.90. The lowest BCUT2D eigenvalue weighted by molar-refractivity contribution is 0.317. The summed E-state index contributed by atoms with van der Waals surface area (Å²) in [5.41, 5.74) is 2.56. The number of hydrogen-bond donors (Lipinski definition) is 1. The molecule has 1 aromatic heterocycles. The number of benzene rings is 1. The van der Waals surface area contributed by atoms with Gasteiger partial charge in [0.15, 0.2) is 0 Å². The molecule has 0 spiro atoms. The van der Waals surface area contributed by atoms with Crippen LogP contribution < -0.4 is 0 Å². The van der Waals surface area contributed by atoms with Crippen LogP contribution in [0.1, 0.15) is 12.6 Å². The lowest BCUT2D eigenvalue weighted by Crippen LogP contribution is -1.99. The number of fused-ring (bicyclic) bond motifs is 1. The predicted molar refractivity (Wildman–Crippen MR) is 60.3 cm³/mol. The van der Waals surface area contributed by atoms with E-state index in [-0.39, 0.29) is 0 Å². The second-order valence-electron chi connectivity index (χ2n) is 3.51. The Bertz CT molecular complexity index is 506. The molecule has 1 heterocycles. The van der Waals surface area contributed by atoms with Gasteiger partial charge in [-0.05, 0) is 19.1 Å². The Kier molecular flexibility index (Phi) is 2.63. The van der Waals surface area contributed by atoms with E-state index in [0.29, 0.717) is 12.1 Å². The first-order valence-corrected chi connectivity index (χ1v) is 4.82. The van der Waals surface area contributed by atoms with Crippen molar-refractivity contribution in [2.24, 2.45) is 5.16 Å². The summed E-state index contributed by atoms with van der Waals surface area (Å²) in [4.78, 5) is 4.47. The lowest BCUT2D eigenvalue weighted by atomic mass is 10.1. The fourth-order valence-corrected chi connectivity index (χ4v) is 1.50. The fourth-order valence-electron chi connectivity index (χ4n) is 1.50. The maximum atomic E-state index is 8.57. The minimum Gasteiger partial charge on any atom is -0.411 e. The predicted octanol–water partition coefficient (Wildman–Crippen LogP) is 2.63. The third-order valence-electron chi connectivity index (χ3n) is 2.26. The Morgan fingerprint density at radius 1 is 1.27 bits per heavy atom. The average Bonchev–Trinajstić information content (AvgIpc) is 2.29. The van der Waals surface area contributed by atoms with Crippen LogP contribution in [0, 0.1) is 0 Å². The number of hydrogen-bond acceptors (Lipinski definition) is 3. The molecule has 1 N–H and O–H groups in total. The first-order valence-electron chi connectivity index (χ1n) is 4.82. The SMILES string of the molecule is CC(Cc1ccc2ccccc2n1)=NO. The zero-order valence-corrected chi connectivity index (χ0v) is 8.51. The van der Waals surface area contributed by atoms with Crippen LogP contribution in [0.5, 0.6) is 0 Å². The molecule has 0 atom stereocenters. The Morgan fingerprint density at radius 3 is 2.87 bits per heavy atom. The van der Waals surface area contributed by atoms with E-state index in [1.165, 1.54) is 0 Å². The number of oxime groups is 1. The standard InChI is InChI=1S/C12H12N2O/c1-9(14-15)8-11-7-6-10-4-2-3-5-12(10)13-11/h2-7,15H,8H2,1H3. The summed E-state index contributed by atoms with van der Waals surface area (Å²) in [5, 5.41) is 12.8. The molecule has 0 bridgehead atoms. The molecule has 0 saturated carbocycles. The molecule has 0 aliphatic heterocycles. The minimum absolute atomic E-state index is 0.585. The molecule has 3 heteroatoms. The monoisotopic (exact) mass is 200 g/mol. The highest BCUT2D eigenvalue weighted by atomic mass is 16.4. The van der Waals surface area contributed by atoms with Crippen molar-refractivity contribution in [3.63, 3.8) is 0 Å². The van der Waals surface area contributed by atoms with E-state index in [9.17, 15) is 0 Å². The molecule has 2 rings (SSSR count). The molecule has 0 fully saturated rings.